The number of halogens is 1. The number of nitrogens with zero attached hydrogens (tertiary/aromatic N) is 3. The second-order valence-electron chi connectivity index (χ2n) is 7.80. The first-order valence-corrected chi connectivity index (χ1v) is 10.8. The summed E-state index contributed by atoms with van der Waals surface area (Å²) in [5, 5.41) is 3.06. The zero-order chi connectivity index (χ0) is 21.5. The molecule has 0 radical (unpaired) electrons. The van der Waals surface area contributed by atoms with Crippen molar-refractivity contribution in [3.05, 3.63) is 35.0 Å². The molecule has 1 aromatic heterocycles. The Morgan fingerprint density at radius 2 is 1.87 bits per heavy atom. The fourth-order valence-electron chi connectivity index (χ4n) is 4.30. The molecule has 1 aliphatic carbocycles. The van der Waals surface area contributed by atoms with E-state index in [2.05, 4.69) is 10.3 Å². The van der Waals surface area contributed by atoms with Crippen LogP contribution in [0.4, 0.5) is 14.3 Å². The van der Waals surface area contributed by atoms with Gasteiger partial charge in [0, 0.05) is 17.5 Å². The lowest BCUT2D eigenvalue weighted by Crippen LogP contribution is -2.49. The van der Waals surface area contributed by atoms with Gasteiger partial charge in [-0.05, 0) is 44.0 Å². The van der Waals surface area contributed by atoms with Gasteiger partial charge >= 0.3 is 6.03 Å². The van der Waals surface area contributed by atoms with Crippen LogP contribution >= 0.6 is 11.3 Å². The van der Waals surface area contributed by atoms with Gasteiger partial charge in [0.1, 0.15) is 17.9 Å². The average Bonchev–Trinajstić information content (AvgIpc) is 3.17. The Morgan fingerprint density at radius 3 is 2.53 bits per heavy atom. The van der Waals surface area contributed by atoms with E-state index in [4.69, 9.17) is 0 Å². The molecule has 0 unspecified atom stereocenters. The maximum absolute atomic E-state index is 13.2. The lowest BCUT2D eigenvalue weighted by atomic mass is 9.81. The molecule has 1 aromatic carbocycles. The monoisotopic (exact) mass is 430 g/mol. The van der Waals surface area contributed by atoms with Crippen LogP contribution in [0, 0.1) is 12.7 Å². The zero-order valence-corrected chi connectivity index (χ0v) is 17.7. The largest absolute Gasteiger partial charge is 0.327 e. The molecule has 0 bridgehead atoms. The van der Waals surface area contributed by atoms with Crippen molar-refractivity contribution < 1.29 is 18.8 Å². The minimum Gasteiger partial charge on any atom is -0.313 e. The number of carbonyl (C=O) groups is 3. The van der Waals surface area contributed by atoms with E-state index in [1.165, 1.54) is 28.4 Å². The van der Waals surface area contributed by atoms with E-state index in [1.54, 1.807) is 19.2 Å². The molecule has 1 saturated heterocycles. The summed E-state index contributed by atoms with van der Waals surface area (Å²) in [5.41, 5.74) is 0.601. The number of aromatic nitrogens is 1. The minimum absolute atomic E-state index is 0.285. The van der Waals surface area contributed by atoms with Gasteiger partial charge < -0.3 is 10.2 Å². The van der Waals surface area contributed by atoms with Crippen molar-refractivity contribution in [1.82, 2.24) is 14.8 Å². The molecular weight excluding hydrogens is 407 g/mol. The van der Waals surface area contributed by atoms with Crippen LogP contribution in [0.25, 0.3) is 11.3 Å². The van der Waals surface area contributed by atoms with Gasteiger partial charge in [0.2, 0.25) is 5.91 Å². The Bertz CT molecular complexity index is 998. The minimum atomic E-state index is -0.802. The van der Waals surface area contributed by atoms with E-state index in [0.29, 0.717) is 23.7 Å². The maximum Gasteiger partial charge on any atom is 0.327 e. The third-order valence-electron chi connectivity index (χ3n) is 5.95. The SMILES string of the molecule is Cc1sc(NC(=O)CN2C(=O)N(C)C3(CCCCC3)C2=O)nc1-c1ccc(F)cc1. The summed E-state index contributed by atoms with van der Waals surface area (Å²) < 4.78 is 13.2. The topological polar surface area (TPSA) is 82.6 Å². The quantitative estimate of drug-likeness (QED) is 0.748. The Balaban J connectivity index is 1.46. The van der Waals surface area contributed by atoms with Gasteiger partial charge in [0.15, 0.2) is 5.13 Å². The fraction of sp³-hybridized carbons (Fsp3) is 0.429. The highest BCUT2D eigenvalue weighted by molar-refractivity contribution is 7.16. The molecule has 2 fully saturated rings. The van der Waals surface area contributed by atoms with Crippen LogP contribution in [0.2, 0.25) is 0 Å². The lowest BCUT2D eigenvalue weighted by molar-refractivity contribution is -0.136. The third kappa shape index (κ3) is 3.47. The number of benzene rings is 1. The van der Waals surface area contributed by atoms with Gasteiger partial charge in [-0.3, -0.25) is 14.5 Å². The highest BCUT2D eigenvalue weighted by Crippen LogP contribution is 2.39. The predicted molar refractivity (Wildman–Crippen MR) is 112 cm³/mol. The smallest absolute Gasteiger partial charge is 0.313 e. The van der Waals surface area contributed by atoms with E-state index >= 15 is 0 Å². The number of imide groups is 1. The fourth-order valence-corrected chi connectivity index (χ4v) is 5.15. The second-order valence-corrected chi connectivity index (χ2v) is 9.01. The van der Waals surface area contributed by atoms with Crippen LogP contribution in [0.1, 0.15) is 37.0 Å². The summed E-state index contributed by atoms with van der Waals surface area (Å²) in [5.74, 6) is -1.09. The van der Waals surface area contributed by atoms with Crippen LogP contribution in [0.3, 0.4) is 0 Å². The molecule has 1 spiro atoms. The van der Waals surface area contributed by atoms with Crippen LogP contribution in [-0.2, 0) is 9.59 Å². The van der Waals surface area contributed by atoms with Crippen molar-refractivity contribution in [3.63, 3.8) is 0 Å². The van der Waals surface area contributed by atoms with E-state index in [1.807, 2.05) is 6.92 Å². The van der Waals surface area contributed by atoms with Crippen molar-refractivity contribution in [2.45, 2.75) is 44.6 Å². The van der Waals surface area contributed by atoms with Crippen molar-refractivity contribution in [2.75, 3.05) is 18.9 Å². The number of hydrogen-bond donors (Lipinski definition) is 1. The van der Waals surface area contributed by atoms with Crippen LogP contribution in [0.5, 0.6) is 0 Å². The molecule has 30 heavy (non-hydrogen) atoms. The molecule has 4 amide bonds. The number of carbonyl (C=O) groups excluding carboxylic acids is 3. The van der Waals surface area contributed by atoms with Gasteiger partial charge in [0.05, 0.1) is 5.69 Å². The Hall–Kier alpha value is -2.81. The normalized spacial score (nSPS) is 18.4. The zero-order valence-electron chi connectivity index (χ0n) is 16.9. The summed E-state index contributed by atoms with van der Waals surface area (Å²) in [6.45, 7) is 1.52. The summed E-state index contributed by atoms with van der Waals surface area (Å²) in [6, 6.07) is 5.54. The number of thiazole rings is 1. The van der Waals surface area contributed by atoms with Crippen LogP contribution < -0.4 is 5.32 Å². The van der Waals surface area contributed by atoms with Gasteiger partial charge in [-0.2, -0.15) is 0 Å². The number of likely N-dealkylation sites (N-methyl/N-ethyl adjacent to an activating group) is 1. The first kappa shape index (κ1) is 20.5. The summed E-state index contributed by atoms with van der Waals surface area (Å²) in [4.78, 5) is 46.1. The number of anilines is 1. The molecule has 1 aliphatic heterocycles. The highest BCUT2D eigenvalue weighted by atomic mass is 32.1. The molecule has 9 heteroatoms. The Labute approximate surface area is 177 Å². The van der Waals surface area contributed by atoms with E-state index in [0.717, 1.165) is 34.6 Å². The van der Waals surface area contributed by atoms with E-state index < -0.39 is 17.5 Å². The molecule has 1 saturated carbocycles. The molecule has 0 atom stereocenters. The third-order valence-corrected chi connectivity index (χ3v) is 6.83. The lowest BCUT2D eigenvalue weighted by Gasteiger charge is -2.35. The second kappa shape index (κ2) is 7.79. The Kier molecular flexibility index (Phi) is 5.31. The molecule has 1 N–H and O–H groups in total. The number of urea groups is 1. The van der Waals surface area contributed by atoms with Crippen molar-refractivity contribution in [1.29, 1.82) is 0 Å². The van der Waals surface area contributed by atoms with E-state index in [-0.39, 0.29) is 18.3 Å². The number of rotatable bonds is 4. The Morgan fingerprint density at radius 1 is 1.20 bits per heavy atom. The van der Waals surface area contributed by atoms with Crippen molar-refractivity contribution in [3.8, 4) is 11.3 Å². The number of hydrogen-bond acceptors (Lipinski definition) is 5. The van der Waals surface area contributed by atoms with Crippen LogP contribution in [-0.4, -0.2) is 51.8 Å². The molecule has 2 aliphatic rings. The first-order chi connectivity index (χ1) is 14.3. The van der Waals surface area contributed by atoms with Gasteiger partial charge in [-0.25, -0.2) is 14.2 Å². The van der Waals surface area contributed by atoms with E-state index in [9.17, 15) is 18.8 Å². The maximum atomic E-state index is 13.2. The molecule has 4 rings (SSSR count). The molecule has 2 heterocycles. The van der Waals surface area contributed by atoms with Gasteiger partial charge in [0.25, 0.3) is 5.91 Å². The molecule has 2 aromatic rings. The van der Waals surface area contributed by atoms with Crippen molar-refractivity contribution in [2.24, 2.45) is 0 Å². The van der Waals surface area contributed by atoms with Gasteiger partial charge in [-0.1, -0.05) is 19.3 Å². The summed E-state index contributed by atoms with van der Waals surface area (Å²) in [7, 11) is 1.64. The molecule has 158 valence electrons. The predicted octanol–water partition coefficient (Wildman–Crippen LogP) is 3.79. The number of aryl methyl sites for hydroxylation is 1. The highest BCUT2D eigenvalue weighted by Gasteiger charge is 2.55. The number of nitrogens with one attached hydrogen (secondary N) is 1. The van der Waals surface area contributed by atoms with Gasteiger partial charge in [-0.15, -0.1) is 11.3 Å². The number of amides is 4. The van der Waals surface area contributed by atoms with Crippen LogP contribution in [0.15, 0.2) is 24.3 Å². The molecular formula is C21H23FN4O3S. The average molecular weight is 431 g/mol. The summed E-state index contributed by atoms with van der Waals surface area (Å²) in [6.07, 6.45) is 4.12. The first-order valence-electron chi connectivity index (χ1n) is 9.95. The van der Waals surface area contributed by atoms with Crippen molar-refractivity contribution >= 4 is 34.3 Å². The standard InChI is InChI=1S/C21H23FN4O3S/c1-13-17(14-6-8-15(22)9-7-14)24-19(30-13)23-16(27)12-26-18(28)21(25(2)20(26)29)10-4-3-5-11-21/h6-9H,3-5,10-12H2,1-2H3,(H,23,24,27). The molecule has 7 nitrogen and oxygen atoms in total. The summed E-state index contributed by atoms with van der Waals surface area (Å²) >= 11 is 1.29.